The van der Waals surface area contributed by atoms with Crippen LogP contribution in [0.5, 0.6) is 0 Å². The van der Waals surface area contributed by atoms with Gasteiger partial charge in [-0.25, -0.2) is 9.18 Å². The molecule has 0 saturated heterocycles. The average molecular weight is 547 g/mol. The topological polar surface area (TPSA) is 106 Å². The zero-order valence-corrected chi connectivity index (χ0v) is 20.9. The summed E-state index contributed by atoms with van der Waals surface area (Å²) in [6.45, 7) is -0.250. The number of nitrogens with zero attached hydrogens (tertiary/aromatic N) is 1. The smallest absolute Gasteiger partial charge is 0.416 e. The molecule has 1 aliphatic carbocycles. The number of hydrogen-bond donors (Lipinski definition) is 2. The summed E-state index contributed by atoms with van der Waals surface area (Å²) in [7, 11) is 1.31. The van der Waals surface area contributed by atoms with E-state index < -0.39 is 29.4 Å². The largest absolute Gasteiger partial charge is 0.483 e. The van der Waals surface area contributed by atoms with Crippen LogP contribution in [-0.4, -0.2) is 35.5 Å². The van der Waals surface area contributed by atoms with Gasteiger partial charge in [0.05, 0.1) is 23.9 Å². The SMILES string of the molecule is COC(=O)c1cncc(-c2ccc(C3CCCC(C(=O)Nc4ccc(C(F)(F)F)cc4F)C3)cc2)c1.O=CO. The van der Waals surface area contributed by atoms with Gasteiger partial charge < -0.3 is 15.2 Å². The fraction of sp³-hybridized carbons (Fsp3) is 0.286. The first kappa shape index (κ1) is 29.3. The summed E-state index contributed by atoms with van der Waals surface area (Å²) in [5.41, 5.74) is 1.68. The highest BCUT2D eigenvalue weighted by Gasteiger charge is 2.32. The Hall–Kier alpha value is -4.28. The van der Waals surface area contributed by atoms with E-state index in [4.69, 9.17) is 14.6 Å². The number of carbonyl (C=O) groups excluding carboxylic acids is 2. The van der Waals surface area contributed by atoms with Gasteiger partial charge in [-0.05, 0) is 60.6 Å². The second kappa shape index (κ2) is 13.0. The van der Waals surface area contributed by atoms with Crippen LogP contribution in [0.15, 0.2) is 60.9 Å². The number of hydrogen-bond acceptors (Lipinski definition) is 5. The van der Waals surface area contributed by atoms with Crippen molar-refractivity contribution in [2.24, 2.45) is 5.92 Å². The van der Waals surface area contributed by atoms with Gasteiger partial charge in [0.1, 0.15) is 5.82 Å². The number of benzene rings is 2. The molecule has 206 valence electrons. The third-order valence-electron chi connectivity index (χ3n) is 6.47. The minimum atomic E-state index is -4.66. The van der Waals surface area contributed by atoms with Gasteiger partial charge in [-0.3, -0.25) is 14.6 Å². The summed E-state index contributed by atoms with van der Waals surface area (Å²) < 4.78 is 57.2. The molecule has 0 aliphatic heterocycles. The van der Waals surface area contributed by atoms with Crippen LogP contribution < -0.4 is 5.32 Å². The van der Waals surface area contributed by atoms with E-state index in [1.54, 1.807) is 12.3 Å². The number of amides is 1. The fourth-order valence-corrected chi connectivity index (χ4v) is 4.53. The Bertz CT molecular complexity index is 1310. The molecular formula is C28H26F4N2O5. The first-order chi connectivity index (χ1) is 18.6. The molecule has 4 rings (SSSR count). The van der Waals surface area contributed by atoms with Gasteiger partial charge in [0.2, 0.25) is 5.91 Å². The summed E-state index contributed by atoms with van der Waals surface area (Å²) in [6, 6.07) is 11.6. The van der Waals surface area contributed by atoms with Gasteiger partial charge in [-0.15, -0.1) is 0 Å². The number of pyridine rings is 1. The van der Waals surface area contributed by atoms with Crippen molar-refractivity contribution >= 4 is 24.0 Å². The van der Waals surface area contributed by atoms with Crippen LogP contribution in [0.2, 0.25) is 0 Å². The number of rotatable bonds is 5. The van der Waals surface area contributed by atoms with E-state index in [0.29, 0.717) is 24.5 Å². The van der Waals surface area contributed by atoms with Crippen LogP contribution in [0.25, 0.3) is 11.1 Å². The van der Waals surface area contributed by atoms with Crippen molar-refractivity contribution in [1.29, 1.82) is 0 Å². The van der Waals surface area contributed by atoms with Crippen LogP contribution in [0.1, 0.15) is 53.1 Å². The maximum absolute atomic E-state index is 14.2. The molecule has 2 unspecified atom stereocenters. The number of ether oxygens (including phenoxy) is 1. The molecule has 2 N–H and O–H groups in total. The minimum Gasteiger partial charge on any atom is -0.483 e. The maximum atomic E-state index is 14.2. The lowest BCUT2D eigenvalue weighted by Crippen LogP contribution is -2.28. The van der Waals surface area contributed by atoms with Gasteiger partial charge in [-0.1, -0.05) is 30.7 Å². The van der Waals surface area contributed by atoms with E-state index in [2.05, 4.69) is 10.3 Å². The number of carboxylic acid groups (broad SMARTS) is 1. The van der Waals surface area contributed by atoms with Crippen molar-refractivity contribution in [1.82, 2.24) is 4.98 Å². The third-order valence-corrected chi connectivity index (χ3v) is 6.47. The summed E-state index contributed by atoms with van der Waals surface area (Å²) >= 11 is 0. The molecule has 11 heteroatoms. The number of aromatic nitrogens is 1. The van der Waals surface area contributed by atoms with Gasteiger partial charge in [0.15, 0.2) is 0 Å². The van der Waals surface area contributed by atoms with E-state index in [0.717, 1.165) is 41.7 Å². The quantitative estimate of drug-likeness (QED) is 0.221. The number of nitrogens with one attached hydrogen (secondary N) is 1. The number of esters is 1. The standard InChI is InChI=1S/C27H24F4N2O3.CH2O2/c1-36-26(35)21-12-20(14-32-15-21)17-7-5-16(6-8-17)18-3-2-4-19(11-18)25(34)33-24-10-9-22(13-23(24)28)27(29,30)31;2-1-3/h5-10,12-15,18-19H,2-4,11H2,1H3,(H,33,34);1H,(H,2,3). The average Bonchev–Trinajstić information content (AvgIpc) is 2.93. The number of alkyl halides is 3. The second-order valence-electron chi connectivity index (χ2n) is 8.92. The lowest BCUT2D eigenvalue weighted by molar-refractivity contribution is -0.137. The van der Waals surface area contributed by atoms with E-state index in [1.165, 1.54) is 13.3 Å². The maximum Gasteiger partial charge on any atom is 0.416 e. The van der Waals surface area contributed by atoms with Gasteiger partial charge in [-0.2, -0.15) is 13.2 Å². The van der Waals surface area contributed by atoms with E-state index in [-0.39, 0.29) is 24.0 Å². The normalized spacial score (nSPS) is 16.8. The van der Waals surface area contributed by atoms with E-state index in [1.807, 2.05) is 24.3 Å². The van der Waals surface area contributed by atoms with Gasteiger partial charge in [0.25, 0.3) is 6.47 Å². The minimum absolute atomic E-state index is 0.112. The molecule has 1 saturated carbocycles. The summed E-state index contributed by atoms with van der Waals surface area (Å²) in [5, 5.41) is 9.34. The highest BCUT2D eigenvalue weighted by Crippen LogP contribution is 2.38. The first-order valence-electron chi connectivity index (χ1n) is 12.0. The van der Waals surface area contributed by atoms with Crippen LogP contribution in [0.3, 0.4) is 0 Å². The highest BCUT2D eigenvalue weighted by molar-refractivity contribution is 5.93. The molecule has 3 aromatic rings. The first-order valence-corrected chi connectivity index (χ1v) is 12.0. The van der Waals surface area contributed by atoms with Crippen molar-refractivity contribution in [2.75, 3.05) is 12.4 Å². The number of anilines is 1. The molecule has 0 spiro atoms. The summed E-state index contributed by atoms with van der Waals surface area (Å²) in [5.74, 6) is -2.26. The molecule has 2 atom stereocenters. The fourth-order valence-electron chi connectivity index (χ4n) is 4.53. The van der Waals surface area contributed by atoms with Crippen molar-refractivity contribution in [3.05, 3.63) is 83.4 Å². The Balaban J connectivity index is 0.00000134. The van der Waals surface area contributed by atoms with Crippen LogP contribution in [0.4, 0.5) is 23.2 Å². The Morgan fingerprint density at radius 1 is 1.05 bits per heavy atom. The van der Waals surface area contributed by atoms with E-state index >= 15 is 0 Å². The zero-order chi connectivity index (χ0) is 28.6. The van der Waals surface area contributed by atoms with Gasteiger partial charge >= 0.3 is 12.1 Å². The van der Waals surface area contributed by atoms with Crippen molar-refractivity contribution in [3.63, 3.8) is 0 Å². The van der Waals surface area contributed by atoms with Crippen molar-refractivity contribution in [3.8, 4) is 11.1 Å². The molecule has 0 radical (unpaired) electrons. The summed E-state index contributed by atoms with van der Waals surface area (Å²) in [4.78, 5) is 37.0. The molecule has 1 heterocycles. The molecule has 1 aliphatic rings. The number of methoxy groups -OCH3 is 1. The molecule has 0 bridgehead atoms. The van der Waals surface area contributed by atoms with Gasteiger partial charge in [0, 0.05) is 23.9 Å². The Morgan fingerprint density at radius 2 is 1.74 bits per heavy atom. The number of carbonyl (C=O) groups is 3. The lowest BCUT2D eigenvalue weighted by atomic mass is 9.77. The molecule has 1 amide bonds. The van der Waals surface area contributed by atoms with Crippen LogP contribution >= 0.6 is 0 Å². The van der Waals surface area contributed by atoms with Crippen LogP contribution in [-0.2, 0) is 20.5 Å². The molecule has 1 fully saturated rings. The molecule has 1 aromatic heterocycles. The second-order valence-corrected chi connectivity index (χ2v) is 8.92. The van der Waals surface area contributed by atoms with Crippen LogP contribution in [0, 0.1) is 11.7 Å². The zero-order valence-electron chi connectivity index (χ0n) is 20.9. The molecule has 39 heavy (non-hydrogen) atoms. The third kappa shape index (κ3) is 7.62. The predicted molar refractivity (Wildman–Crippen MR) is 134 cm³/mol. The Morgan fingerprint density at radius 3 is 2.36 bits per heavy atom. The summed E-state index contributed by atoms with van der Waals surface area (Å²) in [6.07, 6.45) is 1.29. The molecule has 7 nitrogen and oxygen atoms in total. The Labute approximate surface area is 221 Å². The van der Waals surface area contributed by atoms with Crippen molar-refractivity contribution in [2.45, 2.75) is 37.8 Å². The van der Waals surface area contributed by atoms with Crippen molar-refractivity contribution < 1.29 is 41.8 Å². The highest BCUT2D eigenvalue weighted by atomic mass is 19.4. The lowest BCUT2D eigenvalue weighted by Gasteiger charge is -2.29. The predicted octanol–water partition coefficient (Wildman–Crippen LogP) is 6.31. The molecule has 2 aromatic carbocycles. The molecular weight excluding hydrogens is 520 g/mol. The number of halogens is 4. The monoisotopic (exact) mass is 546 g/mol. The Kier molecular flexibility index (Phi) is 9.75. The van der Waals surface area contributed by atoms with E-state index in [9.17, 15) is 27.2 Å².